The Morgan fingerprint density at radius 3 is 3.22 bits per heavy atom. The number of rotatable bonds is 0. The van der Waals surface area contributed by atoms with Crippen molar-refractivity contribution in [2.45, 2.75) is 6.85 Å². The Kier molecular flexibility index (Phi) is 1.16. The number of hydrogen-bond donors (Lipinski definition) is 1. The van der Waals surface area contributed by atoms with Crippen LogP contribution in [0.15, 0.2) is 30.5 Å². The highest BCUT2D eigenvalue weighted by molar-refractivity contribution is 6.11. The minimum Gasteiger partial charge on any atom is -0.318 e. The van der Waals surface area contributed by atoms with Gasteiger partial charge in [-0.05, 0) is 30.6 Å². The average Bonchev–Trinajstić information content (AvgIpc) is 2.62. The number of aromatic nitrogens is 2. The first kappa shape index (κ1) is 5.48. The largest absolute Gasteiger partial charge is 0.318 e. The van der Waals surface area contributed by atoms with Crippen LogP contribution in [0.1, 0.15) is 24.1 Å². The van der Waals surface area contributed by atoms with Crippen LogP contribution >= 0.6 is 0 Å². The summed E-state index contributed by atoms with van der Waals surface area (Å²) < 4.78 is 54.3. The third kappa shape index (κ3) is 1.44. The van der Waals surface area contributed by atoms with Gasteiger partial charge in [-0.2, -0.15) is 0 Å². The van der Waals surface area contributed by atoms with Gasteiger partial charge in [0.1, 0.15) is 5.82 Å². The fourth-order valence-corrected chi connectivity index (χ4v) is 1.73. The highest BCUT2D eigenvalue weighted by Gasteiger charge is 2.25. The van der Waals surface area contributed by atoms with Gasteiger partial charge in [-0.1, -0.05) is 0 Å². The summed E-state index contributed by atoms with van der Waals surface area (Å²) in [4.78, 5) is 21.9. The molecular formula is C13H12N4O. The summed E-state index contributed by atoms with van der Waals surface area (Å²) >= 11 is 0. The molecule has 3 rings (SSSR count). The van der Waals surface area contributed by atoms with Gasteiger partial charge in [0.2, 0.25) is 0 Å². The third-order valence-electron chi connectivity index (χ3n) is 2.60. The van der Waals surface area contributed by atoms with Crippen molar-refractivity contribution in [1.82, 2.24) is 9.97 Å². The van der Waals surface area contributed by atoms with Crippen LogP contribution < -0.4 is 10.2 Å². The molecule has 0 bridgehead atoms. The van der Waals surface area contributed by atoms with Gasteiger partial charge < -0.3 is 10.2 Å². The van der Waals surface area contributed by atoms with Crippen LogP contribution in [0.4, 0.5) is 17.3 Å². The zero-order valence-corrected chi connectivity index (χ0v) is 9.35. The summed E-state index contributed by atoms with van der Waals surface area (Å²) in [5, 5.41) is 0.356. The molecule has 0 aromatic carbocycles. The van der Waals surface area contributed by atoms with Gasteiger partial charge in [-0.25, -0.2) is 9.97 Å². The maximum absolute atomic E-state index is 12.7. The van der Waals surface area contributed by atoms with E-state index < -0.39 is 31.0 Å². The molecule has 0 saturated heterocycles. The summed E-state index contributed by atoms with van der Waals surface area (Å²) in [6.07, 6.45) is 0.734. The predicted octanol–water partition coefficient (Wildman–Crippen LogP) is 2.12. The van der Waals surface area contributed by atoms with Crippen LogP contribution in [0.5, 0.6) is 0 Å². The third-order valence-corrected chi connectivity index (χ3v) is 2.60. The zero-order valence-electron chi connectivity index (χ0n) is 16.4. The zero-order chi connectivity index (χ0) is 18.7. The Morgan fingerprint density at radius 2 is 2.39 bits per heavy atom. The normalized spacial score (nSPS) is 20.3. The van der Waals surface area contributed by atoms with Crippen LogP contribution in [0, 0.1) is 6.85 Å². The minimum atomic E-state index is -2.59. The van der Waals surface area contributed by atoms with Crippen molar-refractivity contribution in [3.63, 3.8) is 0 Å². The molecule has 1 N–H and O–H groups in total. The summed E-state index contributed by atoms with van der Waals surface area (Å²) in [5.74, 6) is -1.15. The van der Waals surface area contributed by atoms with Gasteiger partial charge in [0.25, 0.3) is 5.91 Å². The molecule has 18 heavy (non-hydrogen) atoms. The maximum Gasteiger partial charge on any atom is 0.259 e. The first-order valence-electron chi connectivity index (χ1n) is 8.54. The molecule has 0 spiro atoms. The van der Waals surface area contributed by atoms with Gasteiger partial charge >= 0.3 is 0 Å². The van der Waals surface area contributed by atoms with Gasteiger partial charge in [-0.15, -0.1) is 0 Å². The smallest absolute Gasteiger partial charge is 0.259 e. The molecule has 90 valence electrons. The number of anilines is 3. The molecule has 0 saturated carbocycles. The van der Waals surface area contributed by atoms with E-state index >= 15 is 0 Å². The molecule has 1 amide bonds. The Morgan fingerprint density at radius 1 is 1.50 bits per heavy atom. The van der Waals surface area contributed by atoms with Gasteiger partial charge in [-0.3, -0.25) is 4.79 Å². The molecule has 2 aromatic heterocycles. The Hall–Kier alpha value is -2.43. The highest BCUT2D eigenvalue weighted by atomic mass is 16.1. The molecule has 5 heteroatoms. The Balaban J connectivity index is 2.39. The molecule has 0 unspecified atom stereocenters. The number of nitrogens with zero attached hydrogens (tertiary/aromatic N) is 3. The fraction of sp³-hybridized carbons (Fsp3) is 0.154. The van der Waals surface area contributed by atoms with Crippen LogP contribution in [0.2, 0.25) is 1.41 Å². The van der Waals surface area contributed by atoms with Gasteiger partial charge in [0.05, 0.1) is 15.4 Å². The van der Waals surface area contributed by atoms with E-state index in [0.29, 0.717) is 5.31 Å². The van der Waals surface area contributed by atoms with Crippen molar-refractivity contribution in [3.05, 3.63) is 41.6 Å². The molecule has 0 aliphatic carbocycles. The van der Waals surface area contributed by atoms with E-state index in [2.05, 4.69) is 9.97 Å². The molecule has 0 fully saturated rings. The van der Waals surface area contributed by atoms with Crippen LogP contribution in [0.25, 0.3) is 0 Å². The van der Waals surface area contributed by atoms with Crippen LogP contribution in [-0.2, 0) is 0 Å². The van der Waals surface area contributed by atoms with Gasteiger partial charge in [0, 0.05) is 23.5 Å². The van der Waals surface area contributed by atoms with E-state index in [4.69, 9.17) is 9.64 Å². The quantitative estimate of drug-likeness (QED) is 0.774. The molecule has 0 atom stereocenters. The SMILES string of the molecule is [2H]c1nc2c(c([2H])c1[2H])C(=O)N([2H])c1c(C([2H])([2H])[2H])ccnc1N2C. The van der Waals surface area contributed by atoms with Crippen molar-refractivity contribution in [2.24, 2.45) is 0 Å². The summed E-state index contributed by atoms with van der Waals surface area (Å²) in [5.41, 5.74) is -0.845. The molecule has 5 nitrogen and oxygen atoms in total. The average molecular weight is 247 g/mol. The molecule has 1 aliphatic heterocycles. The number of carbonyl (C=O) groups excluding carboxylic acids is 1. The molecule has 2 aromatic rings. The van der Waals surface area contributed by atoms with E-state index in [0.717, 1.165) is 0 Å². The molecule has 3 heterocycles. The number of nitrogens with one attached hydrogen (secondary N) is 1. The van der Waals surface area contributed by atoms with Crippen molar-refractivity contribution in [2.75, 3.05) is 17.3 Å². The standard InChI is InChI=1S/C13H12N4O/c1-8-5-7-15-12-10(8)16-13(18)9-4-3-6-14-11(9)17(12)2/h3-7H,1-2H3,(H,16,18)/i1D3,3D,4D,6D/hD. The monoisotopic (exact) mass is 247 g/mol. The first-order valence-corrected chi connectivity index (χ1v) is 5.10. The second-order valence-electron chi connectivity index (χ2n) is 3.68. The number of pyridine rings is 2. The second-order valence-corrected chi connectivity index (χ2v) is 3.68. The van der Waals surface area contributed by atoms with Crippen molar-refractivity contribution < 1.29 is 14.4 Å². The maximum atomic E-state index is 12.7. The first-order chi connectivity index (χ1) is 11.6. The summed E-state index contributed by atoms with van der Waals surface area (Å²) in [6.45, 7) is -2.59. The number of carbonyl (C=O) groups is 1. The van der Waals surface area contributed by atoms with Crippen LogP contribution in [0.3, 0.4) is 0 Å². The lowest BCUT2D eigenvalue weighted by Gasteiger charge is -2.18. The van der Waals surface area contributed by atoms with E-state index in [1.165, 1.54) is 24.2 Å². The second kappa shape index (κ2) is 3.80. The molecule has 0 radical (unpaired) electrons. The van der Waals surface area contributed by atoms with Crippen molar-refractivity contribution in [1.29, 1.82) is 0 Å². The number of aryl methyl sites for hydroxylation is 1. The minimum absolute atomic E-state index is 0.0141. The van der Waals surface area contributed by atoms with E-state index in [9.17, 15) is 4.79 Å². The fourth-order valence-electron chi connectivity index (χ4n) is 1.73. The van der Waals surface area contributed by atoms with Crippen LogP contribution in [-0.4, -0.2) is 22.9 Å². The number of fused-ring (bicyclic) bond motifs is 2. The Labute approximate surface area is 114 Å². The highest BCUT2D eigenvalue weighted by Crippen LogP contribution is 2.35. The predicted molar refractivity (Wildman–Crippen MR) is 69.2 cm³/mol. The lowest BCUT2D eigenvalue weighted by molar-refractivity contribution is 0.102. The lowest BCUT2D eigenvalue weighted by Crippen LogP contribution is -2.14. The Bertz CT molecular complexity index is 899. The van der Waals surface area contributed by atoms with E-state index in [-0.39, 0.29) is 28.5 Å². The lowest BCUT2D eigenvalue weighted by atomic mass is 10.2. The molecule has 1 aliphatic rings. The van der Waals surface area contributed by atoms with E-state index in [1.807, 2.05) is 0 Å². The van der Waals surface area contributed by atoms with Crippen molar-refractivity contribution in [3.8, 4) is 0 Å². The number of amides is 1. The van der Waals surface area contributed by atoms with Crippen molar-refractivity contribution >= 4 is 23.2 Å². The topological polar surface area (TPSA) is 58.1 Å². The molecular weight excluding hydrogens is 228 g/mol. The summed E-state index contributed by atoms with van der Waals surface area (Å²) in [7, 11) is 1.44. The number of hydrogen-bond acceptors (Lipinski definition) is 4. The van der Waals surface area contributed by atoms with E-state index in [1.54, 1.807) is 0 Å². The summed E-state index contributed by atoms with van der Waals surface area (Å²) in [6, 6.07) is 0.0990. The van der Waals surface area contributed by atoms with Gasteiger partial charge in [0.15, 0.2) is 7.23 Å².